The molecule has 25 heavy (non-hydrogen) atoms. The van der Waals surface area contributed by atoms with E-state index in [-0.39, 0.29) is 17.5 Å². The standard InChI is InChI=1S/C20H17NO3S/c1-14(22)15-6-5-7-17(12-15)21-20(23)19-16(10-11-24-19)13-25-18-8-3-2-4-9-18/h2-12H,13H2,1H3,(H,21,23). The number of amides is 1. The highest BCUT2D eigenvalue weighted by Crippen LogP contribution is 2.25. The van der Waals surface area contributed by atoms with E-state index in [0.717, 1.165) is 10.5 Å². The van der Waals surface area contributed by atoms with Crippen molar-refractivity contribution in [3.8, 4) is 0 Å². The van der Waals surface area contributed by atoms with Gasteiger partial charge in [0.15, 0.2) is 11.5 Å². The second kappa shape index (κ2) is 7.85. The van der Waals surface area contributed by atoms with E-state index in [1.165, 1.54) is 13.2 Å². The molecule has 1 aromatic heterocycles. The van der Waals surface area contributed by atoms with Crippen LogP contribution >= 0.6 is 11.8 Å². The van der Waals surface area contributed by atoms with Gasteiger partial charge >= 0.3 is 0 Å². The Hall–Kier alpha value is -2.79. The molecule has 1 N–H and O–H groups in total. The van der Waals surface area contributed by atoms with Crippen LogP contribution in [0.1, 0.15) is 33.4 Å². The number of hydrogen-bond acceptors (Lipinski definition) is 4. The van der Waals surface area contributed by atoms with Crippen LogP contribution < -0.4 is 5.32 Å². The van der Waals surface area contributed by atoms with Gasteiger partial charge in [-0.15, -0.1) is 11.8 Å². The minimum absolute atomic E-state index is 0.0472. The first-order valence-corrected chi connectivity index (χ1v) is 8.78. The monoisotopic (exact) mass is 351 g/mol. The molecule has 0 aliphatic carbocycles. The van der Waals surface area contributed by atoms with Crippen LogP contribution in [0.4, 0.5) is 5.69 Å². The summed E-state index contributed by atoms with van der Waals surface area (Å²) < 4.78 is 5.37. The van der Waals surface area contributed by atoms with Gasteiger partial charge in [0.25, 0.3) is 5.91 Å². The Bertz CT molecular complexity index is 887. The van der Waals surface area contributed by atoms with Crippen molar-refractivity contribution in [2.24, 2.45) is 0 Å². The Morgan fingerprint density at radius 3 is 2.60 bits per heavy atom. The van der Waals surface area contributed by atoms with Gasteiger partial charge in [0.1, 0.15) is 0 Å². The van der Waals surface area contributed by atoms with E-state index in [0.29, 0.717) is 17.0 Å². The Morgan fingerprint density at radius 2 is 1.84 bits per heavy atom. The molecule has 1 amide bonds. The number of rotatable bonds is 6. The van der Waals surface area contributed by atoms with Crippen LogP contribution in [0.2, 0.25) is 0 Å². The predicted molar refractivity (Wildman–Crippen MR) is 99.1 cm³/mol. The van der Waals surface area contributed by atoms with E-state index in [2.05, 4.69) is 5.32 Å². The van der Waals surface area contributed by atoms with Gasteiger partial charge in [0, 0.05) is 27.5 Å². The van der Waals surface area contributed by atoms with Gasteiger partial charge in [-0.3, -0.25) is 9.59 Å². The minimum atomic E-state index is -0.325. The molecule has 0 unspecified atom stereocenters. The maximum absolute atomic E-state index is 12.5. The summed E-state index contributed by atoms with van der Waals surface area (Å²) in [6.07, 6.45) is 1.52. The Kier molecular flexibility index (Phi) is 5.36. The van der Waals surface area contributed by atoms with Gasteiger partial charge in [0.05, 0.1) is 6.26 Å². The predicted octanol–water partition coefficient (Wildman–Crippen LogP) is 5.03. The van der Waals surface area contributed by atoms with E-state index in [1.54, 1.807) is 42.1 Å². The number of ketones is 1. The first-order chi connectivity index (χ1) is 12.1. The van der Waals surface area contributed by atoms with Crippen LogP contribution in [0, 0.1) is 0 Å². The van der Waals surface area contributed by atoms with Gasteiger partial charge in [0.2, 0.25) is 0 Å². The third-order valence-corrected chi connectivity index (χ3v) is 4.68. The summed E-state index contributed by atoms with van der Waals surface area (Å²) in [5, 5.41) is 2.78. The zero-order valence-corrected chi connectivity index (χ0v) is 14.5. The number of hydrogen-bond donors (Lipinski definition) is 1. The number of nitrogens with one attached hydrogen (secondary N) is 1. The first-order valence-electron chi connectivity index (χ1n) is 7.80. The van der Waals surface area contributed by atoms with Crippen molar-refractivity contribution >= 4 is 29.1 Å². The van der Waals surface area contributed by atoms with Crippen molar-refractivity contribution in [3.05, 3.63) is 83.8 Å². The highest BCUT2D eigenvalue weighted by Gasteiger charge is 2.16. The zero-order valence-electron chi connectivity index (χ0n) is 13.7. The second-order valence-corrected chi connectivity index (χ2v) is 6.52. The third kappa shape index (κ3) is 4.39. The minimum Gasteiger partial charge on any atom is -0.459 e. The fourth-order valence-corrected chi connectivity index (χ4v) is 3.23. The smallest absolute Gasteiger partial charge is 0.291 e. The molecule has 0 saturated heterocycles. The molecule has 3 aromatic rings. The lowest BCUT2D eigenvalue weighted by Crippen LogP contribution is -2.13. The normalized spacial score (nSPS) is 10.4. The quantitative estimate of drug-likeness (QED) is 0.500. The van der Waals surface area contributed by atoms with E-state index in [1.807, 2.05) is 30.3 Å². The Morgan fingerprint density at radius 1 is 1.04 bits per heavy atom. The van der Waals surface area contributed by atoms with E-state index in [9.17, 15) is 9.59 Å². The number of benzene rings is 2. The molecular formula is C20H17NO3S. The van der Waals surface area contributed by atoms with Crippen LogP contribution in [0.15, 0.2) is 76.2 Å². The number of thioether (sulfide) groups is 1. The number of anilines is 1. The number of carbonyl (C=O) groups excluding carboxylic acids is 2. The second-order valence-electron chi connectivity index (χ2n) is 5.47. The first kappa shape index (κ1) is 17.0. The molecule has 2 aromatic carbocycles. The molecule has 0 bridgehead atoms. The maximum atomic E-state index is 12.5. The summed E-state index contributed by atoms with van der Waals surface area (Å²) in [5.41, 5.74) is 1.95. The summed E-state index contributed by atoms with van der Waals surface area (Å²) in [6.45, 7) is 1.49. The summed E-state index contributed by atoms with van der Waals surface area (Å²) in [6, 6.07) is 18.6. The van der Waals surface area contributed by atoms with Gasteiger partial charge in [-0.05, 0) is 37.3 Å². The summed E-state index contributed by atoms with van der Waals surface area (Å²) in [4.78, 5) is 25.1. The lowest BCUT2D eigenvalue weighted by Gasteiger charge is -2.06. The SMILES string of the molecule is CC(=O)c1cccc(NC(=O)c2occc2CSc2ccccc2)c1. The maximum Gasteiger partial charge on any atom is 0.291 e. The lowest BCUT2D eigenvalue weighted by molar-refractivity contribution is 0.0991. The largest absolute Gasteiger partial charge is 0.459 e. The number of furan rings is 1. The van der Waals surface area contributed by atoms with E-state index < -0.39 is 0 Å². The van der Waals surface area contributed by atoms with Crippen LogP contribution in [-0.4, -0.2) is 11.7 Å². The molecule has 0 atom stereocenters. The van der Waals surface area contributed by atoms with Crippen LogP contribution in [0.5, 0.6) is 0 Å². The van der Waals surface area contributed by atoms with E-state index >= 15 is 0 Å². The molecule has 4 nitrogen and oxygen atoms in total. The molecule has 0 aliphatic heterocycles. The highest BCUT2D eigenvalue weighted by atomic mass is 32.2. The molecule has 0 aliphatic rings. The molecule has 0 fully saturated rings. The Balaban J connectivity index is 1.70. The van der Waals surface area contributed by atoms with Crippen molar-refractivity contribution in [2.75, 3.05) is 5.32 Å². The van der Waals surface area contributed by atoms with Crippen molar-refractivity contribution in [1.29, 1.82) is 0 Å². The molecule has 126 valence electrons. The third-order valence-electron chi connectivity index (χ3n) is 3.62. The molecule has 0 spiro atoms. The fourth-order valence-electron chi connectivity index (χ4n) is 2.33. The topological polar surface area (TPSA) is 59.3 Å². The Labute approximate surface area is 150 Å². The molecule has 1 heterocycles. The zero-order chi connectivity index (χ0) is 17.6. The average Bonchev–Trinajstić information content (AvgIpc) is 3.10. The summed E-state index contributed by atoms with van der Waals surface area (Å²) in [5.74, 6) is 0.552. The van der Waals surface area contributed by atoms with Crippen molar-refractivity contribution in [2.45, 2.75) is 17.6 Å². The summed E-state index contributed by atoms with van der Waals surface area (Å²) >= 11 is 1.64. The van der Waals surface area contributed by atoms with Gasteiger partial charge < -0.3 is 9.73 Å². The average molecular weight is 351 g/mol. The molecular weight excluding hydrogens is 334 g/mol. The van der Waals surface area contributed by atoms with Crippen LogP contribution in [0.25, 0.3) is 0 Å². The van der Waals surface area contributed by atoms with Gasteiger partial charge in [-0.1, -0.05) is 30.3 Å². The molecule has 3 rings (SSSR count). The highest BCUT2D eigenvalue weighted by molar-refractivity contribution is 7.98. The number of carbonyl (C=O) groups is 2. The lowest BCUT2D eigenvalue weighted by atomic mass is 10.1. The van der Waals surface area contributed by atoms with Gasteiger partial charge in [-0.2, -0.15) is 0 Å². The van der Waals surface area contributed by atoms with Crippen molar-refractivity contribution < 1.29 is 14.0 Å². The molecule has 0 radical (unpaired) electrons. The van der Waals surface area contributed by atoms with Gasteiger partial charge in [-0.25, -0.2) is 0 Å². The summed E-state index contributed by atoms with van der Waals surface area (Å²) in [7, 11) is 0. The van der Waals surface area contributed by atoms with Crippen molar-refractivity contribution in [3.63, 3.8) is 0 Å². The number of Topliss-reactive ketones (excluding diaryl/α,β-unsaturated/α-hetero) is 1. The van der Waals surface area contributed by atoms with E-state index in [4.69, 9.17) is 4.42 Å². The van der Waals surface area contributed by atoms with Crippen LogP contribution in [-0.2, 0) is 5.75 Å². The van der Waals surface area contributed by atoms with Crippen LogP contribution in [0.3, 0.4) is 0 Å². The fraction of sp³-hybridized carbons (Fsp3) is 0.100. The molecule has 0 saturated carbocycles. The molecule has 5 heteroatoms. The van der Waals surface area contributed by atoms with Crippen molar-refractivity contribution in [1.82, 2.24) is 0 Å².